The van der Waals surface area contributed by atoms with Gasteiger partial charge < -0.3 is 9.57 Å². The van der Waals surface area contributed by atoms with Crippen molar-refractivity contribution in [2.75, 3.05) is 6.61 Å². The number of hydrogen-bond acceptors (Lipinski definition) is 5. The highest BCUT2D eigenvalue weighted by molar-refractivity contribution is 9.10. The van der Waals surface area contributed by atoms with E-state index in [2.05, 4.69) is 33.1 Å². The first-order valence-electron chi connectivity index (χ1n) is 10.2. The van der Waals surface area contributed by atoms with Crippen molar-refractivity contribution in [1.82, 2.24) is 9.78 Å². The maximum atomic E-state index is 12.4. The molecule has 0 saturated carbocycles. The van der Waals surface area contributed by atoms with E-state index in [1.165, 1.54) is 6.21 Å². The third-order valence-corrected chi connectivity index (χ3v) is 5.92. The lowest BCUT2D eigenvalue weighted by Crippen LogP contribution is -2.06. The van der Waals surface area contributed by atoms with E-state index >= 15 is 0 Å². The Hall–Kier alpha value is -2.93. The zero-order chi connectivity index (χ0) is 22.2. The molecule has 0 aliphatic carbocycles. The van der Waals surface area contributed by atoms with Gasteiger partial charge in [0.15, 0.2) is 0 Å². The predicted molar refractivity (Wildman–Crippen MR) is 125 cm³/mol. The molecule has 6 nitrogen and oxygen atoms in total. The molecule has 31 heavy (non-hydrogen) atoms. The van der Waals surface area contributed by atoms with Gasteiger partial charge in [-0.15, -0.1) is 0 Å². The van der Waals surface area contributed by atoms with Crippen LogP contribution in [0, 0.1) is 13.8 Å². The first-order valence-corrected chi connectivity index (χ1v) is 11.0. The van der Waals surface area contributed by atoms with E-state index in [0.717, 1.165) is 45.6 Å². The Bertz CT molecular complexity index is 1060. The van der Waals surface area contributed by atoms with E-state index in [1.807, 2.05) is 54.9 Å². The fraction of sp³-hybridized carbons (Fsp3) is 0.292. The molecule has 3 aromatic rings. The van der Waals surface area contributed by atoms with Crippen molar-refractivity contribution in [3.8, 4) is 5.75 Å². The number of ether oxygens (including phenoxy) is 1. The number of oxime groups is 1. The molecule has 0 spiro atoms. The molecular formula is C24H26BrN3O3. The van der Waals surface area contributed by atoms with Crippen LogP contribution in [0.1, 0.15) is 52.6 Å². The van der Waals surface area contributed by atoms with Crippen molar-refractivity contribution in [3.63, 3.8) is 0 Å². The Morgan fingerprint density at radius 1 is 1.19 bits per heavy atom. The summed E-state index contributed by atoms with van der Waals surface area (Å²) in [6.07, 6.45) is 3.63. The average Bonchev–Trinajstić information content (AvgIpc) is 3.01. The first-order chi connectivity index (χ1) is 15.0. The lowest BCUT2D eigenvalue weighted by Gasteiger charge is -2.06. The number of rotatable bonds is 9. The SMILES string of the molecule is CCCCOc1ccc(/C=N\OC(=O)c2cccc(Cn3nc(C)c(Br)c3C)c2)cc1. The highest BCUT2D eigenvalue weighted by atomic mass is 79.9. The van der Waals surface area contributed by atoms with Crippen LogP contribution in [0.4, 0.5) is 0 Å². The summed E-state index contributed by atoms with van der Waals surface area (Å²) in [5.41, 5.74) is 4.18. The summed E-state index contributed by atoms with van der Waals surface area (Å²) in [6, 6.07) is 14.8. The number of aromatic nitrogens is 2. The van der Waals surface area contributed by atoms with Gasteiger partial charge in [-0.3, -0.25) is 4.68 Å². The molecule has 2 aromatic carbocycles. The number of unbranched alkanes of at least 4 members (excludes halogenated alkanes) is 1. The molecule has 0 atom stereocenters. The number of nitrogens with zero attached hydrogens (tertiary/aromatic N) is 3. The van der Waals surface area contributed by atoms with E-state index in [9.17, 15) is 4.79 Å². The van der Waals surface area contributed by atoms with E-state index in [0.29, 0.717) is 18.7 Å². The van der Waals surface area contributed by atoms with Gasteiger partial charge in [0.05, 0.1) is 40.8 Å². The van der Waals surface area contributed by atoms with E-state index in [1.54, 1.807) is 12.1 Å². The van der Waals surface area contributed by atoms with Gasteiger partial charge in [0.1, 0.15) is 5.75 Å². The molecule has 1 heterocycles. The van der Waals surface area contributed by atoms with Crippen LogP contribution < -0.4 is 4.74 Å². The summed E-state index contributed by atoms with van der Waals surface area (Å²) in [5, 5.41) is 8.34. The molecule has 0 aliphatic heterocycles. The molecule has 3 rings (SSSR count). The Kier molecular flexibility index (Phi) is 8.00. The number of carbonyl (C=O) groups excluding carboxylic acids is 1. The lowest BCUT2D eigenvalue weighted by molar-refractivity contribution is 0.0519. The van der Waals surface area contributed by atoms with Crippen molar-refractivity contribution >= 4 is 28.1 Å². The monoisotopic (exact) mass is 483 g/mol. The van der Waals surface area contributed by atoms with Crippen LogP contribution in [0.2, 0.25) is 0 Å². The molecule has 7 heteroatoms. The van der Waals surface area contributed by atoms with Crippen LogP contribution >= 0.6 is 15.9 Å². The van der Waals surface area contributed by atoms with Gasteiger partial charge in [-0.25, -0.2) is 4.79 Å². The Labute approximate surface area is 191 Å². The zero-order valence-corrected chi connectivity index (χ0v) is 19.6. The predicted octanol–water partition coefficient (Wildman–Crippen LogP) is 5.68. The van der Waals surface area contributed by atoms with Crippen molar-refractivity contribution in [3.05, 3.63) is 81.1 Å². The Morgan fingerprint density at radius 3 is 2.65 bits per heavy atom. The highest BCUT2D eigenvalue weighted by Gasteiger charge is 2.11. The summed E-state index contributed by atoms with van der Waals surface area (Å²) in [6.45, 7) is 7.35. The fourth-order valence-electron chi connectivity index (χ4n) is 2.97. The molecule has 0 amide bonds. The molecule has 0 unspecified atom stereocenters. The van der Waals surface area contributed by atoms with Crippen molar-refractivity contribution in [2.45, 2.75) is 40.2 Å². The van der Waals surface area contributed by atoms with Crippen LogP contribution in [-0.2, 0) is 11.4 Å². The third kappa shape index (κ3) is 6.28. The zero-order valence-electron chi connectivity index (χ0n) is 18.0. The number of aryl methyl sites for hydroxylation is 1. The molecule has 0 radical (unpaired) electrons. The summed E-state index contributed by atoms with van der Waals surface area (Å²) < 4.78 is 8.53. The maximum Gasteiger partial charge on any atom is 0.365 e. The Balaban J connectivity index is 1.58. The van der Waals surface area contributed by atoms with Gasteiger partial charge in [-0.05, 0) is 83.7 Å². The largest absolute Gasteiger partial charge is 0.494 e. The molecular weight excluding hydrogens is 458 g/mol. The van der Waals surface area contributed by atoms with Crippen LogP contribution in [0.25, 0.3) is 0 Å². The van der Waals surface area contributed by atoms with Crippen molar-refractivity contribution < 1.29 is 14.4 Å². The third-order valence-electron chi connectivity index (χ3n) is 4.77. The first kappa shape index (κ1) is 22.7. The normalized spacial score (nSPS) is 11.1. The van der Waals surface area contributed by atoms with E-state index in [-0.39, 0.29) is 0 Å². The maximum absolute atomic E-state index is 12.4. The minimum atomic E-state index is -0.507. The summed E-state index contributed by atoms with van der Waals surface area (Å²) in [7, 11) is 0. The van der Waals surface area contributed by atoms with E-state index < -0.39 is 5.97 Å². The highest BCUT2D eigenvalue weighted by Crippen LogP contribution is 2.21. The molecule has 1 aromatic heterocycles. The van der Waals surface area contributed by atoms with Gasteiger partial charge in [-0.2, -0.15) is 5.10 Å². The van der Waals surface area contributed by atoms with Gasteiger partial charge in [0.25, 0.3) is 0 Å². The Morgan fingerprint density at radius 2 is 1.97 bits per heavy atom. The molecule has 0 saturated heterocycles. The smallest absolute Gasteiger partial charge is 0.365 e. The standard InChI is InChI=1S/C24H26BrN3O3/c1-4-5-13-30-22-11-9-19(10-12-22)15-26-31-24(29)21-8-6-7-20(14-21)16-28-18(3)23(25)17(2)27-28/h6-12,14-15H,4-5,13,16H2,1-3H3/b26-15-. The topological polar surface area (TPSA) is 65.7 Å². The number of halogens is 1. The summed E-state index contributed by atoms with van der Waals surface area (Å²) in [4.78, 5) is 17.4. The van der Waals surface area contributed by atoms with Crippen LogP contribution in [-0.4, -0.2) is 28.6 Å². The minimum absolute atomic E-state index is 0.440. The average molecular weight is 484 g/mol. The molecule has 0 bridgehead atoms. The second-order valence-corrected chi connectivity index (χ2v) is 8.02. The van der Waals surface area contributed by atoms with Gasteiger partial charge in [0.2, 0.25) is 0 Å². The van der Waals surface area contributed by atoms with Gasteiger partial charge >= 0.3 is 5.97 Å². The lowest BCUT2D eigenvalue weighted by atomic mass is 10.1. The van der Waals surface area contributed by atoms with Crippen molar-refractivity contribution in [1.29, 1.82) is 0 Å². The van der Waals surface area contributed by atoms with Gasteiger partial charge in [0, 0.05) is 0 Å². The number of hydrogen-bond donors (Lipinski definition) is 0. The second kappa shape index (κ2) is 10.9. The number of carbonyl (C=O) groups is 1. The summed E-state index contributed by atoms with van der Waals surface area (Å²) >= 11 is 3.54. The second-order valence-electron chi connectivity index (χ2n) is 7.23. The summed E-state index contributed by atoms with van der Waals surface area (Å²) in [5.74, 6) is 0.307. The number of benzene rings is 2. The quantitative estimate of drug-likeness (QED) is 0.170. The molecule has 0 aliphatic rings. The van der Waals surface area contributed by atoms with Crippen LogP contribution in [0.15, 0.2) is 58.2 Å². The van der Waals surface area contributed by atoms with Crippen molar-refractivity contribution in [2.24, 2.45) is 5.16 Å². The van der Waals surface area contributed by atoms with Crippen LogP contribution in [0.3, 0.4) is 0 Å². The van der Waals surface area contributed by atoms with Crippen LogP contribution in [0.5, 0.6) is 5.75 Å². The molecule has 0 N–H and O–H groups in total. The fourth-order valence-corrected chi connectivity index (χ4v) is 3.25. The minimum Gasteiger partial charge on any atom is -0.494 e. The molecule has 162 valence electrons. The molecule has 0 fully saturated rings. The van der Waals surface area contributed by atoms with Gasteiger partial charge in [-0.1, -0.05) is 30.6 Å². The van der Waals surface area contributed by atoms with E-state index in [4.69, 9.17) is 9.57 Å².